The summed E-state index contributed by atoms with van der Waals surface area (Å²) in [5.74, 6) is -0.166. The van der Waals surface area contributed by atoms with Crippen LogP contribution >= 0.6 is 11.6 Å². The molecule has 2 aromatic rings. The van der Waals surface area contributed by atoms with Crippen LogP contribution in [0, 0.1) is 0 Å². The first-order chi connectivity index (χ1) is 12.3. The van der Waals surface area contributed by atoms with Crippen molar-refractivity contribution in [3.05, 3.63) is 59.1 Å². The van der Waals surface area contributed by atoms with Crippen LogP contribution in [0.1, 0.15) is 37.0 Å². The van der Waals surface area contributed by atoms with Crippen molar-refractivity contribution in [1.82, 2.24) is 5.32 Å². The Balaban J connectivity index is 2.16. The molecule has 0 fully saturated rings. The largest absolute Gasteiger partial charge is 0.350 e. The fraction of sp³-hybridized carbons (Fsp3) is 0.316. The molecule has 0 aromatic heterocycles. The molecule has 1 amide bonds. The van der Waals surface area contributed by atoms with Gasteiger partial charge in [-0.15, -0.1) is 0 Å². The lowest BCUT2D eigenvalue weighted by atomic mass is 10.1. The minimum atomic E-state index is -3.69. The normalized spacial score (nSPS) is 12.5. The average Bonchev–Trinajstić information content (AvgIpc) is 2.61. The Morgan fingerprint density at radius 3 is 2.23 bits per heavy atom. The number of halogens is 1. The van der Waals surface area contributed by atoms with Gasteiger partial charge in [-0.3, -0.25) is 9.10 Å². The van der Waals surface area contributed by atoms with Gasteiger partial charge in [0.25, 0.3) is 15.9 Å². The molecule has 1 N–H and O–H groups in total. The van der Waals surface area contributed by atoms with E-state index in [0.29, 0.717) is 16.3 Å². The summed E-state index contributed by atoms with van der Waals surface area (Å²) >= 11 is 5.81. The monoisotopic (exact) mass is 394 g/mol. The molecule has 2 aromatic carbocycles. The van der Waals surface area contributed by atoms with Gasteiger partial charge in [-0.05, 0) is 61.9 Å². The number of hydrogen-bond acceptors (Lipinski definition) is 3. The standard InChI is InChI=1S/C19H23ClN2O3S/c1-4-5-14(2)21-19(23)15-6-10-17(11-7-15)22(3)26(24,25)18-12-8-16(20)9-13-18/h6-14H,4-5H2,1-3H3,(H,21,23). The number of amides is 1. The van der Waals surface area contributed by atoms with E-state index in [1.807, 2.05) is 6.92 Å². The summed E-state index contributed by atoms with van der Waals surface area (Å²) < 4.78 is 26.5. The fourth-order valence-electron chi connectivity index (χ4n) is 2.54. The lowest BCUT2D eigenvalue weighted by Crippen LogP contribution is -2.32. The Morgan fingerprint density at radius 1 is 1.12 bits per heavy atom. The van der Waals surface area contributed by atoms with Crippen molar-refractivity contribution in [3.63, 3.8) is 0 Å². The molecule has 7 heteroatoms. The maximum Gasteiger partial charge on any atom is 0.264 e. The molecule has 0 aliphatic carbocycles. The van der Waals surface area contributed by atoms with E-state index in [1.165, 1.54) is 35.6 Å². The number of carbonyl (C=O) groups is 1. The van der Waals surface area contributed by atoms with E-state index < -0.39 is 10.0 Å². The van der Waals surface area contributed by atoms with E-state index in [0.717, 1.165) is 12.8 Å². The van der Waals surface area contributed by atoms with E-state index in [1.54, 1.807) is 24.3 Å². The fourth-order valence-corrected chi connectivity index (χ4v) is 3.86. The van der Waals surface area contributed by atoms with E-state index in [9.17, 15) is 13.2 Å². The molecule has 26 heavy (non-hydrogen) atoms. The quantitative estimate of drug-likeness (QED) is 0.769. The molecule has 0 spiro atoms. The Bertz CT molecular complexity index is 849. The van der Waals surface area contributed by atoms with Gasteiger partial charge in [0.05, 0.1) is 10.6 Å². The van der Waals surface area contributed by atoms with Crippen LogP contribution < -0.4 is 9.62 Å². The van der Waals surface area contributed by atoms with Crippen molar-refractivity contribution in [2.24, 2.45) is 0 Å². The van der Waals surface area contributed by atoms with Crippen molar-refractivity contribution in [2.45, 2.75) is 37.6 Å². The number of carbonyl (C=O) groups excluding carboxylic acids is 1. The van der Waals surface area contributed by atoms with Crippen LogP contribution in [-0.4, -0.2) is 27.4 Å². The summed E-state index contributed by atoms with van der Waals surface area (Å²) in [5.41, 5.74) is 0.965. The molecule has 0 saturated carbocycles. The highest BCUT2D eigenvalue weighted by Gasteiger charge is 2.21. The second-order valence-corrected chi connectivity index (χ2v) is 8.54. The first kappa shape index (κ1) is 20.3. The lowest BCUT2D eigenvalue weighted by Gasteiger charge is -2.20. The number of sulfonamides is 1. The number of rotatable bonds is 7. The predicted octanol–water partition coefficient (Wildman–Crippen LogP) is 4.08. The van der Waals surface area contributed by atoms with Crippen LogP contribution in [0.15, 0.2) is 53.4 Å². The minimum Gasteiger partial charge on any atom is -0.350 e. The molecule has 140 valence electrons. The van der Waals surface area contributed by atoms with E-state index in [-0.39, 0.29) is 16.8 Å². The lowest BCUT2D eigenvalue weighted by molar-refractivity contribution is 0.0938. The average molecular weight is 395 g/mol. The van der Waals surface area contributed by atoms with Crippen molar-refractivity contribution < 1.29 is 13.2 Å². The van der Waals surface area contributed by atoms with Crippen molar-refractivity contribution in [1.29, 1.82) is 0 Å². The Kier molecular flexibility index (Phi) is 6.67. The summed E-state index contributed by atoms with van der Waals surface area (Å²) in [4.78, 5) is 12.4. The molecular weight excluding hydrogens is 372 g/mol. The van der Waals surface area contributed by atoms with Gasteiger partial charge >= 0.3 is 0 Å². The molecular formula is C19H23ClN2O3S. The summed E-state index contributed by atoms with van der Waals surface area (Å²) in [6, 6.07) is 12.6. The number of anilines is 1. The second kappa shape index (κ2) is 8.56. The van der Waals surface area contributed by atoms with Crippen LogP contribution in [0.3, 0.4) is 0 Å². The van der Waals surface area contributed by atoms with Crippen LogP contribution in [0.25, 0.3) is 0 Å². The van der Waals surface area contributed by atoms with E-state index in [4.69, 9.17) is 11.6 Å². The summed E-state index contributed by atoms with van der Waals surface area (Å²) in [6.45, 7) is 4.02. The van der Waals surface area contributed by atoms with Crippen molar-refractivity contribution in [2.75, 3.05) is 11.4 Å². The molecule has 0 aliphatic heterocycles. The Hall–Kier alpha value is -2.05. The van der Waals surface area contributed by atoms with Gasteiger partial charge in [-0.2, -0.15) is 0 Å². The molecule has 0 heterocycles. The van der Waals surface area contributed by atoms with Crippen LogP contribution in [-0.2, 0) is 10.0 Å². The molecule has 0 bridgehead atoms. The van der Waals surface area contributed by atoms with Gasteiger partial charge in [-0.1, -0.05) is 24.9 Å². The Labute approximate surface area is 160 Å². The zero-order valence-corrected chi connectivity index (χ0v) is 16.6. The zero-order valence-electron chi connectivity index (χ0n) is 15.1. The highest BCUT2D eigenvalue weighted by molar-refractivity contribution is 7.92. The molecule has 0 aliphatic rings. The van der Waals surface area contributed by atoms with Gasteiger partial charge in [0.1, 0.15) is 0 Å². The van der Waals surface area contributed by atoms with E-state index >= 15 is 0 Å². The molecule has 0 radical (unpaired) electrons. The van der Waals surface area contributed by atoms with Gasteiger partial charge in [0.15, 0.2) is 0 Å². The molecule has 5 nitrogen and oxygen atoms in total. The summed E-state index contributed by atoms with van der Waals surface area (Å²) in [7, 11) is -2.22. The van der Waals surface area contributed by atoms with Crippen molar-refractivity contribution in [3.8, 4) is 0 Å². The third-order valence-electron chi connectivity index (χ3n) is 4.06. The van der Waals surface area contributed by atoms with Crippen LogP contribution in [0.2, 0.25) is 5.02 Å². The highest BCUT2D eigenvalue weighted by atomic mass is 35.5. The number of benzene rings is 2. The third kappa shape index (κ3) is 4.77. The molecule has 2 rings (SSSR count). The number of nitrogens with zero attached hydrogens (tertiary/aromatic N) is 1. The SMILES string of the molecule is CCCC(C)NC(=O)c1ccc(N(C)S(=O)(=O)c2ccc(Cl)cc2)cc1. The number of nitrogens with one attached hydrogen (secondary N) is 1. The highest BCUT2D eigenvalue weighted by Crippen LogP contribution is 2.23. The van der Waals surface area contributed by atoms with Crippen LogP contribution in [0.4, 0.5) is 5.69 Å². The van der Waals surface area contributed by atoms with Crippen LogP contribution in [0.5, 0.6) is 0 Å². The summed E-state index contributed by atoms with van der Waals surface area (Å²) in [6.07, 6.45) is 1.90. The Morgan fingerprint density at radius 2 is 1.69 bits per heavy atom. The van der Waals surface area contributed by atoms with Gasteiger partial charge < -0.3 is 5.32 Å². The minimum absolute atomic E-state index is 0.0973. The van der Waals surface area contributed by atoms with E-state index in [2.05, 4.69) is 12.2 Å². The van der Waals surface area contributed by atoms with Gasteiger partial charge in [0.2, 0.25) is 0 Å². The molecule has 0 saturated heterocycles. The predicted molar refractivity (Wildman–Crippen MR) is 105 cm³/mol. The van der Waals surface area contributed by atoms with Gasteiger partial charge in [-0.25, -0.2) is 8.42 Å². The van der Waals surface area contributed by atoms with Crippen molar-refractivity contribution >= 4 is 33.2 Å². The first-order valence-electron chi connectivity index (χ1n) is 8.41. The molecule has 1 unspecified atom stereocenters. The first-order valence-corrected chi connectivity index (χ1v) is 10.2. The maximum atomic E-state index is 12.7. The zero-order chi connectivity index (χ0) is 19.3. The smallest absolute Gasteiger partial charge is 0.264 e. The molecule has 1 atom stereocenters. The van der Waals surface area contributed by atoms with Gasteiger partial charge in [0, 0.05) is 23.7 Å². The topological polar surface area (TPSA) is 66.5 Å². The third-order valence-corrected chi connectivity index (χ3v) is 6.12. The summed E-state index contributed by atoms with van der Waals surface area (Å²) in [5, 5.41) is 3.40. The maximum absolute atomic E-state index is 12.7. The number of hydrogen-bond donors (Lipinski definition) is 1. The second-order valence-electron chi connectivity index (χ2n) is 6.14.